The highest BCUT2D eigenvalue weighted by Crippen LogP contribution is 2.34. The standard InChI is InChI=1S/C27H20Cl2N2O3/c28-19-8-13-23(29)24(15-19)31-16-18(14-26(31)32)27(33)30-20-9-11-21(12-10-20)34-25-7-3-5-17-4-1-2-6-22(17)25/h1-13,15,18H,14,16H2,(H,30,33)/t18-/m0/s1. The van der Waals surface area contributed by atoms with Gasteiger partial charge in [0.2, 0.25) is 11.8 Å². The molecule has 0 aliphatic carbocycles. The Labute approximate surface area is 206 Å². The maximum atomic E-state index is 12.8. The molecule has 4 aromatic rings. The molecule has 170 valence electrons. The number of amides is 2. The number of hydrogen-bond acceptors (Lipinski definition) is 3. The van der Waals surface area contributed by atoms with Crippen molar-refractivity contribution in [3.05, 3.63) is 95.0 Å². The van der Waals surface area contributed by atoms with Crippen molar-refractivity contribution in [3.63, 3.8) is 0 Å². The highest BCUT2D eigenvalue weighted by molar-refractivity contribution is 6.36. The van der Waals surface area contributed by atoms with Crippen LogP contribution in [0.3, 0.4) is 0 Å². The SMILES string of the molecule is O=C(Nc1ccc(Oc2cccc3ccccc23)cc1)[C@H]1CC(=O)N(c2cc(Cl)ccc2Cl)C1. The summed E-state index contributed by atoms with van der Waals surface area (Å²) in [6.07, 6.45) is 0.108. The molecule has 1 aliphatic rings. The Morgan fingerprint density at radius 3 is 2.53 bits per heavy atom. The van der Waals surface area contributed by atoms with Crippen molar-refractivity contribution in [2.24, 2.45) is 5.92 Å². The summed E-state index contributed by atoms with van der Waals surface area (Å²) in [7, 11) is 0. The molecule has 1 aliphatic heterocycles. The summed E-state index contributed by atoms with van der Waals surface area (Å²) in [6.45, 7) is 0.243. The van der Waals surface area contributed by atoms with E-state index in [4.69, 9.17) is 27.9 Å². The molecule has 34 heavy (non-hydrogen) atoms. The first kappa shape index (κ1) is 22.3. The van der Waals surface area contributed by atoms with Gasteiger partial charge in [0.25, 0.3) is 0 Å². The predicted molar refractivity (Wildman–Crippen MR) is 136 cm³/mol. The highest BCUT2D eigenvalue weighted by Gasteiger charge is 2.36. The summed E-state index contributed by atoms with van der Waals surface area (Å²) in [5.74, 6) is 0.542. The topological polar surface area (TPSA) is 58.6 Å². The number of hydrogen-bond donors (Lipinski definition) is 1. The summed E-state index contributed by atoms with van der Waals surface area (Å²) in [5, 5.41) is 5.91. The van der Waals surface area contributed by atoms with Crippen molar-refractivity contribution in [2.75, 3.05) is 16.8 Å². The van der Waals surface area contributed by atoms with Crippen LogP contribution >= 0.6 is 23.2 Å². The summed E-state index contributed by atoms with van der Waals surface area (Å²) >= 11 is 12.3. The summed E-state index contributed by atoms with van der Waals surface area (Å²) in [4.78, 5) is 26.9. The first-order valence-corrected chi connectivity index (χ1v) is 11.6. The molecule has 1 fully saturated rings. The number of nitrogens with zero attached hydrogens (tertiary/aromatic N) is 1. The van der Waals surface area contributed by atoms with Crippen molar-refractivity contribution in [3.8, 4) is 11.5 Å². The number of benzene rings is 4. The number of fused-ring (bicyclic) bond motifs is 1. The smallest absolute Gasteiger partial charge is 0.229 e. The van der Waals surface area contributed by atoms with Crippen LogP contribution in [0.2, 0.25) is 10.0 Å². The number of halogens is 2. The molecule has 4 aromatic carbocycles. The Balaban J connectivity index is 1.25. The minimum Gasteiger partial charge on any atom is -0.457 e. The van der Waals surface area contributed by atoms with E-state index >= 15 is 0 Å². The van der Waals surface area contributed by atoms with Gasteiger partial charge in [-0.1, -0.05) is 59.6 Å². The second kappa shape index (κ2) is 9.37. The normalized spacial score (nSPS) is 15.5. The van der Waals surface area contributed by atoms with Gasteiger partial charge in [-0.15, -0.1) is 0 Å². The van der Waals surface area contributed by atoms with Gasteiger partial charge in [-0.3, -0.25) is 9.59 Å². The lowest BCUT2D eigenvalue weighted by Gasteiger charge is -2.18. The molecule has 1 heterocycles. The minimum absolute atomic E-state index is 0.108. The van der Waals surface area contributed by atoms with Crippen LogP contribution in [-0.4, -0.2) is 18.4 Å². The van der Waals surface area contributed by atoms with Crippen LogP contribution in [0.4, 0.5) is 11.4 Å². The quantitative estimate of drug-likeness (QED) is 0.329. The Morgan fingerprint density at radius 2 is 1.71 bits per heavy atom. The molecule has 0 bridgehead atoms. The monoisotopic (exact) mass is 490 g/mol. The van der Waals surface area contributed by atoms with E-state index in [1.807, 2.05) is 42.5 Å². The number of carbonyl (C=O) groups is 2. The van der Waals surface area contributed by atoms with Gasteiger partial charge < -0.3 is 15.0 Å². The lowest BCUT2D eigenvalue weighted by molar-refractivity contribution is -0.122. The van der Waals surface area contributed by atoms with Gasteiger partial charge in [0, 0.05) is 29.1 Å². The van der Waals surface area contributed by atoms with Gasteiger partial charge in [0.1, 0.15) is 11.5 Å². The number of rotatable bonds is 5. The van der Waals surface area contributed by atoms with E-state index < -0.39 is 5.92 Å². The van der Waals surface area contributed by atoms with Crippen LogP contribution in [0.15, 0.2) is 84.9 Å². The van der Waals surface area contributed by atoms with Crippen LogP contribution in [0.25, 0.3) is 10.8 Å². The number of anilines is 2. The van der Waals surface area contributed by atoms with Crippen LogP contribution in [0, 0.1) is 5.92 Å². The molecule has 0 spiro atoms. The van der Waals surface area contributed by atoms with E-state index in [1.165, 1.54) is 4.90 Å². The van der Waals surface area contributed by atoms with E-state index in [-0.39, 0.29) is 24.8 Å². The van der Waals surface area contributed by atoms with Gasteiger partial charge in [-0.05, 0) is 53.9 Å². The van der Waals surface area contributed by atoms with Crippen molar-refractivity contribution in [2.45, 2.75) is 6.42 Å². The molecule has 5 rings (SSSR count). The Bertz CT molecular complexity index is 1380. The molecular formula is C27H20Cl2N2O3. The van der Waals surface area contributed by atoms with Gasteiger partial charge in [0.05, 0.1) is 16.6 Å². The molecule has 1 saturated heterocycles. The number of carbonyl (C=O) groups excluding carboxylic acids is 2. The largest absolute Gasteiger partial charge is 0.457 e. The molecule has 0 radical (unpaired) electrons. The first-order chi connectivity index (χ1) is 16.5. The fraction of sp³-hybridized carbons (Fsp3) is 0.111. The van der Waals surface area contributed by atoms with Gasteiger partial charge in [0.15, 0.2) is 0 Å². The van der Waals surface area contributed by atoms with E-state index in [0.717, 1.165) is 16.5 Å². The van der Waals surface area contributed by atoms with E-state index in [1.54, 1.807) is 42.5 Å². The fourth-order valence-corrected chi connectivity index (χ4v) is 4.46. The lowest BCUT2D eigenvalue weighted by atomic mass is 10.1. The highest BCUT2D eigenvalue weighted by atomic mass is 35.5. The molecule has 5 nitrogen and oxygen atoms in total. The summed E-state index contributed by atoms with van der Waals surface area (Å²) < 4.78 is 6.06. The number of ether oxygens (including phenoxy) is 1. The average Bonchev–Trinajstić information content (AvgIpc) is 3.23. The van der Waals surface area contributed by atoms with Gasteiger partial charge in [-0.25, -0.2) is 0 Å². The molecule has 0 unspecified atom stereocenters. The Morgan fingerprint density at radius 1 is 0.941 bits per heavy atom. The van der Waals surface area contributed by atoms with Gasteiger partial charge in [-0.2, -0.15) is 0 Å². The molecule has 0 aromatic heterocycles. The molecule has 1 N–H and O–H groups in total. The minimum atomic E-state index is -0.492. The van der Waals surface area contributed by atoms with Crippen LogP contribution in [-0.2, 0) is 9.59 Å². The van der Waals surface area contributed by atoms with Gasteiger partial charge >= 0.3 is 0 Å². The Kier molecular flexibility index (Phi) is 6.14. The van der Waals surface area contributed by atoms with Crippen LogP contribution < -0.4 is 15.0 Å². The number of nitrogens with one attached hydrogen (secondary N) is 1. The van der Waals surface area contributed by atoms with Crippen LogP contribution in [0.1, 0.15) is 6.42 Å². The molecule has 2 amide bonds. The third-order valence-electron chi connectivity index (χ3n) is 5.79. The molecule has 1 atom stereocenters. The van der Waals surface area contributed by atoms with E-state index in [9.17, 15) is 9.59 Å². The second-order valence-corrected chi connectivity index (χ2v) is 8.94. The zero-order chi connectivity index (χ0) is 23.7. The zero-order valence-corrected chi connectivity index (χ0v) is 19.5. The third-order valence-corrected chi connectivity index (χ3v) is 6.35. The molecular weight excluding hydrogens is 471 g/mol. The second-order valence-electron chi connectivity index (χ2n) is 8.09. The Hall–Kier alpha value is -3.54. The maximum Gasteiger partial charge on any atom is 0.229 e. The third kappa shape index (κ3) is 4.58. The molecule has 0 saturated carbocycles. The van der Waals surface area contributed by atoms with E-state index in [0.29, 0.717) is 27.2 Å². The lowest BCUT2D eigenvalue weighted by Crippen LogP contribution is -2.28. The maximum absolute atomic E-state index is 12.8. The van der Waals surface area contributed by atoms with Crippen molar-refractivity contribution in [1.29, 1.82) is 0 Å². The van der Waals surface area contributed by atoms with E-state index in [2.05, 4.69) is 5.32 Å². The molecule has 7 heteroatoms. The predicted octanol–water partition coefficient (Wildman–Crippen LogP) is 6.93. The van der Waals surface area contributed by atoms with Crippen molar-refractivity contribution >= 4 is 57.2 Å². The zero-order valence-electron chi connectivity index (χ0n) is 18.0. The van der Waals surface area contributed by atoms with Crippen molar-refractivity contribution < 1.29 is 14.3 Å². The summed E-state index contributed by atoms with van der Waals surface area (Å²) in [5.41, 5.74) is 1.14. The van der Waals surface area contributed by atoms with Crippen molar-refractivity contribution in [1.82, 2.24) is 0 Å². The van der Waals surface area contributed by atoms with Crippen LogP contribution in [0.5, 0.6) is 11.5 Å². The summed E-state index contributed by atoms with van der Waals surface area (Å²) in [6, 6.07) is 26.0. The first-order valence-electron chi connectivity index (χ1n) is 10.8. The average molecular weight is 491 g/mol. The fourth-order valence-electron chi connectivity index (χ4n) is 4.07.